The quantitative estimate of drug-likeness (QED) is 0.282. The van der Waals surface area contributed by atoms with Gasteiger partial charge in [-0.1, -0.05) is 27.7 Å². The molecule has 0 saturated heterocycles. The van der Waals surface area contributed by atoms with E-state index < -0.39 is 53.4 Å². The van der Waals surface area contributed by atoms with Gasteiger partial charge in [-0.2, -0.15) is 61.5 Å². The first-order valence-corrected chi connectivity index (χ1v) is 7.02. The summed E-state index contributed by atoms with van der Waals surface area (Å²) in [6, 6.07) is 0. The molecule has 0 aromatic carbocycles. The second-order valence-corrected chi connectivity index (χ2v) is 4.07. The average molecular weight is 472 g/mol. The zero-order valence-corrected chi connectivity index (χ0v) is 14.5. The van der Waals surface area contributed by atoms with Crippen molar-refractivity contribution in [2.75, 3.05) is 0 Å². The Morgan fingerprint density at radius 3 is 0.724 bits per heavy atom. The van der Waals surface area contributed by atoms with Crippen molar-refractivity contribution in [3.63, 3.8) is 0 Å². The fourth-order valence-corrected chi connectivity index (χ4v) is 1.39. The van der Waals surface area contributed by atoms with Crippen molar-refractivity contribution in [1.29, 1.82) is 0 Å². The Kier molecular flexibility index (Phi) is 11.0. The molecule has 0 amide bonds. The maximum atomic E-state index is 13.5. The standard InChI is InChI=1S/C9F16.2C2H6/c10-3(11)1-2(4(12,6(14,15)16)7(17,18)19)5(13,8(20,21)22)9(23,24)25;2*1-2/h;2*1-2H3. The summed E-state index contributed by atoms with van der Waals surface area (Å²) < 4.78 is 198. The van der Waals surface area contributed by atoms with E-state index in [0.717, 1.165) is 0 Å². The van der Waals surface area contributed by atoms with Crippen LogP contribution in [0, 0.1) is 0 Å². The van der Waals surface area contributed by atoms with Crippen LogP contribution in [0.25, 0.3) is 0 Å². The maximum absolute atomic E-state index is 13.5. The molecule has 16 heteroatoms. The fraction of sp³-hybridized carbons (Fsp3) is 0.769. The van der Waals surface area contributed by atoms with Gasteiger partial charge in [-0.15, -0.1) is 0 Å². The number of hydrogen-bond acceptors (Lipinski definition) is 0. The smallest absolute Gasteiger partial charge is 0.218 e. The predicted molar refractivity (Wildman–Crippen MR) is 67.3 cm³/mol. The summed E-state index contributed by atoms with van der Waals surface area (Å²) in [5.41, 5.74) is -21.7. The number of rotatable bonds is 2. The molecule has 0 rings (SSSR count). The molecule has 0 spiro atoms. The van der Waals surface area contributed by atoms with Gasteiger partial charge in [0.15, 0.2) is 0 Å². The van der Waals surface area contributed by atoms with Crippen molar-refractivity contribution < 1.29 is 70.2 Å². The van der Waals surface area contributed by atoms with Crippen LogP contribution < -0.4 is 0 Å². The highest BCUT2D eigenvalue weighted by Crippen LogP contribution is 2.60. The third-order valence-corrected chi connectivity index (χ3v) is 2.47. The molecule has 0 bridgehead atoms. The molecule has 0 aromatic rings. The minimum Gasteiger partial charge on any atom is -0.218 e. The average Bonchev–Trinajstić information content (AvgIpc) is 2.50. The molecule has 0 aliphatic heterocycles. The molecule has 0 radical (unpaired) electrons. The normalized spacial score (nSPS) is 13.4. The van der Waals surface area contributed by atoms with Crippen molar-refractivity contribution in [2.24, 2.45) is 0 Å². The largest absolute Gasteiger partial charge is 0.436 e. The van der Waals surface area contributed by atoms with Crippen molar-refractivity contribution >= 4 is 0 Å². The molecule has 0 aliphatic rings. The molecule has 176 valence electrons. The number of allylic oxidation sites excluding steroid dienone is 1. The first-order valence-electron chi connectivity index (χ1n) is 7.02. The molecular formula is C13H12F16. The van der Waals surface area contributed by atoms with E-state index in [9.17, 15) is 70.2 Å². The lowest BCUT2D eigenvalue weighted by molar-refractivity contribution is -0.363. The SMILES string of the molecule is CC.CC.FC(F)=C=C(C(F)(C(F)(F)F)C(F)(F)F)C(F)(C(F)(F)F)C(F)(F)F. The lowest BCUT2D eigenvalue weighted by Gasteiger charge is -2.38. The molecule has 0 atom stereocenters. The second kappa shape index (κ2) is 9.94. The van der Waals surface area contributed by atoms with Gasteiger partial charge in [0.2, 0.25) is 0 Å². The maximum Gasteiger partial charge on any atom is 0.436 e. The molecular weight excluding hydrogens is 460 g/mol. The summed E-state index contributed by atoms with van der Waals surface area (Å²) in [4.78, 5) is 0. The first kappa shape index (κ1) is 32.1. The summed E-state index contributed by atoms with van der Waals surface area (Å²) >= 11 is 0. The van der Waals surface area contributed by atoms with Gasteiger partial charge in [0.1, 0.15) is 0 Å². The molecule has 29 heavy (non-hydrogen) atoms. The van der Waals surface area contributed by atoms with Crippen molar-refractivity contribution in [3.8, 4) is 0 Å². The van der Waals surface area contributed by atoms with E-state index in [1.165, 1.54) is 0 Å². The highest BCUT2D eigenvalue weighted by atomic mass is 19.4. The lowest BCUT2D eigenvalue weighted by atomic mass is 9.81. The van der Waals surface area contributed by atoms with Gasteiger partial charge in [-0.3, -0.25) is 0 Å². The zero-order valence-electron chi connectivity index (χ0n) is 14.5. The van der Waals surface area contributed by atoms with Crippen molar-refractivity contribution in [1.82, 2.24) is 0 Å². The molecule has 0 aromatic heterocycles. The first-order chi connectivity index (χ1) is 12.5. The Labute approximate surface area is 152 Å². The molecule has 0 nitrogen and oxygen atoms in total. The number of alkyl halides is 14. The molecule has 0 N–H and O–H groups in total. The van der Waals surface area contributed by atoms with E-state index in [4.69, 9.17) is 0 Å². The molecule has 0 fully saturated rings. The number of halogens is 16. The van der Waals surface area contributed by atoms with Crippen LogP contribution in [0.15, 0.2) is 17.4 Å². The zero-order chi connectivity index (χ0) is 24.9. The van der Waals surface area contributed by atoms with Crippen LogP contribution in [0.2, 0.25) is 0 Å². The lowest BCUT2D eigenvalue weighted by Crippen LogP contribution is -2.65. The Balaban J connectivity index is -0.00000158. The third kappa shape index (κ3) is 6.19. The van der Waals surface area contributed by atoms with Gasteiger partial charge in [-0.25, -0.2) is 8.78 Å². The van der Waals surface area contributed by atoms with E-state index in [1.54, 1.807) is 0 Å². The molecule has 0 saturated carbocycles. The van der Waals surface area contributed by atoms with Crippen LogP contribution >= 0.6 is 0 Å². The third-order valence-electron chi connectivity index (χ3n) is 2.47. The van der Waals surface area contributed by atoms with Crippen LogP contribution in [0.1, 0.15) is 27.7 Å². The highest BCUT2D eigenvalue weighted by molar-refractivity contribution is 5.36. The summed E-state index contributed by atoms with van der Waals surface area (Å²) in [6.45, 7) is 8.00. The van der Waals surface area contributed by atoms with Gasteiger partial charge < -0.3 is 0 Å². The summed E-state index contributed by atoms with van der Waals surface area (Å²) in [5, 5.41) is 0. The second-order valence-electron chi connectivity index (χ2n) is 4.07. The van der Waals surface area contributed by atoms with Crippen LogP contribution in [-0.2, 0) is 0 Å². The van der Waals surface area contributed by atoms with Crippen LogP contribution in [0.3, 0.4) is 0 Å². The topological polar surface area (TPSA) is 0 Å². The summed E-state index contributed by atoms with van der Waals surface area (Å²) in [7, 11) is 0. The van der Waals surface area contributed by atoms with Gasteiger partial charge in [0.25, 0.3) is 0 Å². The Hall–Kier alpha value is -1.60. The van der Waals surface area contributed by atoms with E-state index >= 15 is 0 Å². The van der Waals surface area contributed by atoms with Crippen molar-refractivity contribution in [3.05, 3.63) is 17.4 Å². The predicted octanol–water partition coefficient (Wildman–Crippen LogP) is 8.01. The Bertz CT molecular complexity index is 492. The minimum atomic E-state index is -7.79. The van der Waals surface area contributed by atoms with Crippen LogP contribution in [0.4, 0.5) is 70.2 Å². The summed E-state index contributed by atoms with van der Waals surface area (Å²) in [6.07, 6.45) is -35.2. The molecule has 0 unspecified atom stereocenters. The summed E-state index contributed by atoms with van der Waals surface area (Å²) in [5.74, 6) is 0. The Morgan fingerprint density at radius 1 is 0.448 bits per heavy atom. The van der Waals surface area contributed by atoms with Crippen LogP contribution in [0.5, 0.6) is 0 Å². The minimum absolute atomic E-state index is 1.04. The van der Waals surface area contributed by atoms with Gasteiger partial charge in [0.05, 0.1) is 5.57 Å². The van der Waals surface area contributed by atoms with E-state index in [2.05, 4.69) is 0 Å². The number of hydrogen-bond donors (Lipinski definition) is 0. The van der Waals surface area contributed by atoms with Gasteiger partial charge in [-0.05, 0) is 5.73 Å². The van der Waals surface area contributed by atoms with E-state index in [0.29, 0.717) is 0 Å². The van der Waals surface area contributed by atoms with E-state index in [-0.39, 0.29) is 0 Å². The van der Waals surface area contributed by atoms with Gasteiger partial charge >= 0.3 is 42.1 Å². The van der Waals surface area contributed by atoms with Gasteiger partial charge in [0, 0.05) is 0 Å². The fourth-order valence-electron chi connectivity index (χ4n) is 1.39. The molecule has 0 aliphatic carbocycles. The van der Waals surface area contributed by atoms with Crippen molar-refractivity contribution in [2.45, 2.75) is 63.7 Å². The Morgan fingerprint density at radius 2 is 0.621 bits per heavy atom. The van der Waals surface area contributed by atoms with E-state index in [1.807, 2.05) is 27.7 Å². The monoisotopic (exact) mass is 472 g/mol. The molecule has 0 heterocycles. The highest BCUT2D eigenvalue weighted by Gasteiger charge is 2.86. The van der Waals surface area contributed by atoms with Crippen LogP contribution in [-0.4, -0.2) is 36.0 Å².